The minimum Gasteiger partial charge on any atom is -0.512 e. The van der Waals surface area contributed by atoms with Crippen LogP contribution in [0.1, 0.15) is 17.4 Å². The molecular weight excluding hydrogens is 218 g/mol. The Balaban J connectivity index is 2.87. The molecule has 0 fully saturated rings. The molecular formula is C13H11NO3. The molecule has 86 valence electrons. The average molecular weight is 229 g/mol. The fraction of sp³-hybridized carbons (Fsp3) is 0.0769. The largest absolute Gasteiger partial charge is 0.512 e. The summed E-state index contributed by atoms with van der Waals surface area (Å²) in [6.07, 6.45) is 0. The van der Waals surface area contributed by atoms with E-state index in [0.29, 0.717) is 16.0 Å². The quantitative estimate of drug-likeness (QED) is 0.766. The van der Waals surface area contributed by atoms with Crippen LogP contribution in [0.5, 0.6) is 0 Å². The van der Waals surface area contributed by atoms with Crippen LogP contribution in [-0.2, 0) is 0 Å². The molecule has 4 nitrogen and oxygen atoms in total. The van der Waals surface area contributed by atoms with Crippen LogP contribution < -0.4 is 10.4 Å². The van der Waals surface area contributed by atoms with Gasteiger partial charge in [-0.05, 0) is 36.4 Å². The van der Waals surface area contributed by atoms with E-state index in [0.717, 1.165) is 5.39 Å². The number of fused-ring (bicyclic) bond motifs is 1. The number of aromatic carboxylic acids is 1. The summed E-state index contributed by atoms with van der Waals surface area (Å²) in [5, 5.41) is 20.3. The highest BCUT2D eigenvalue weighted by atomic mass is 16.4. The van der Waals surface area contributed by atoms with Crippen LogP contribution in [0.3, 0.4) is 0 Å². The predicted octanol–water partition coefficient (Wildman–Crippen LogP) is 1.03. The number of aliphatic hydroxyl groups is 1. The summed E-state index contributed by atoms with van der Waals surface area (Å²) in [6.45, 7) is 5.38. The van der Waals surface area contributed by atoms with Crippen LogP contribution in [0.25, 0.3) is 23.2 Å². The van der Waals surface area contributed by atoms with E-state index in [1.54, 1.807) is 25.1 Å². The maximum atomic E-state index is 10.8. The van der Waals surface area contributed by atoms with Crippen molar-refractivity contribution in [3.8, 4) is 0 Å². The Labute approximate surface area is 97.2 Å². The number of aromatic nitrogens is 1. The van der Waals surface area contributed by atoms with Crippen molar-refractivity contribution in [2.75, 3.05) is 0 Å². The van der Waals surface area contributed by atoms with Gasteiger partial charge >= 0.3 is 5.97 Å². The number of benzene rings is 1. The highest BCUT2D eigenvalue weighted by molar-refractivity contribution is 5.90. The summed E-state index contributed by atoms with van der Waals surface area (Å²) in [5.74, 6) is -0.876. The van der Waals surface area contributed by atoms with Crippen molar-refractivity contribution in [1.82, 2.24) is 4.98 Å². The number of hydrogen-bond donors (Lipinski definition) is 2. The van der Waals surface area contributed by atoms with Gasteiger partial charge in [-0.1, -0.05) is 6.58 Å². The first-order chi connectivity index (χ1) is 7.99. The number of nitrogens with zero attached hydrogens (tertiary/aromatic N) is 1. The molecule has 1 aromatic heterocycles. The molecule has 1 heterocycles. The molecule has 0 unspecified atom stereocenters. The molecule has 0 aliphatic carbocycles. The monoisotopic (exact) mass is 229 g/mol. The summed E-state index contributed by atoms with van der Waals surface area (Å²) in [6, 6.07) is 6.52. The van der Waals surface area contributed by atoms with E-state index in [-0.39, 0.29) is 11.5 Å². The third-order valence-electron chi connectivity index (χ3n) is 2.53. The number of hydrogen-bond acceptors (Lipinski definition) is 3. The van der Waals surface area contributed by atoms with Crippen molar-refractivity contribution in [2.24, 2.45) is 0 Å². The Morgan fingerprint density at radius 2 is 2.00 bits per heavy atom. The van der Waals surface area contributed by atoms with E-state index in [9.17, 15) is 9.90 Å². The Morgan fingerprint density at radius 3 is 2.59 bits per heavy atom. The Morgan fingerprint density at radius 1 is 1.29 bits per heavy atom. The molecule has 0 saturated carbocycles. The highest BCUT2D eigenvalue weighted by Gasteiger charge is 2.06. The predicted molar refractivity (Wildman–Crippen MR) is 65.2 cm³/mol. The summed E-state index contributed by atoms with van der Waals surface area (Å²) >= 11 is 0. The lowest BCUT2D eigenvalue weighted by Crippen LogP contribution is -2.12. The van der Waals surface area contributed by atoms with E-state index in [1.165, 1.54) is 6.07 Å². The van der Waals surface area contributed by atoms with Gasteiger partial charge in [0.1, 0.15) is 5.69 Å². The van der Waals surface area contributed by atoms with Gasteiger partial charge in [-0.3, -0.25) is 0 Å². The molecule has 0 aliphatic heterocycles. The van der Waals surface area contributed by atoms with E-state index in [1.807, 2.05) is 0 Å². The highest BCUT2D eigenvalue weighted by Crippen LogP contribution is 2.05. The zero-order valence-electron chi connectivity index (χ0n) is 9.27. The van der Waals surface area contributed by atoms with Crippen LogP contribution in [0.2, 0.25) is 0 Å². The van der Waals surface area contributed by atoms with Gasteiger partial charge in [0, 0.05) is 10.6 Å². The minimum atomic E-state index is -1.08. The molecule has 0 amide bonds. The molecule has 2 aromatic rings. The summed E-state index contributed by atoms with van der Waals surface area (Å²) in [4.78, 5) is 14.8. The zero-order chi connectivity index (χ0) is 12.6. The fourth-order valence-electron chi connectivity index (χ4n) is 1.63. The first-order valence-corrected chi connectivity index (χ1v) is 5.02. The number of carboxylic acid groups (broad SMARTS) is 1. The normalized spacial score (nSPS) is 12.5. The first-order valence-electron chi connectivity index (χ1n) is 5.02. The Hall–Kier alpha value is -2.36. The van der Waals surface area contributed by atoms with Crippen molar-refractivity contribution < 1.29 is 15.0 Å². The molecule has 4 heteroatoms. The first kappa shape index (κ1) is 11.1. The topological polar surface area (TPSA) is 70.4 Å². The second kappa shape index (κ2) is 3.90. The number of carboxylic acids is 1. The molecule has 2 rings (SSSR count). The molecule has 0 aliphatic rings. The summed E-state index contributed by atoms with van der Waals surface area (Å²) in [7, 11) is 0. The van der Waals surface area contributed by atoms with E-state index in [4.69, 9.17) is 5.11 Å². The molecule has 0 saturated heterocycles. The third-order valence-corrected chi connectivity index (χ3v) is 2.53. The number of rotatable bonds is 1. The SMILES string of the molecule is C=c1cc(C(=O)O)nc2cc/c(=C(/C)O)cc12. The van der Waals surface area contributed by atoms with Crippen molar-refractivity contribution in [2.45, 2.75) is 6.92 Å². The van der Waals surface area contributed by atoms with Gasteiger partial charge in [-0.25, -0.2) is 9.78 Å². The summed E-state index contributed by atoms with van der Waals surface area (Å²) in [5.41, 5.74) is 0.528. The number of pyridine rings is 1. The van der Waals surface area contributed by atoms with Gasteiger partial charge in [0.25, 0.3) is 0 Å². The standard InChI is InChI=1S/C13H11NO3/c1-7-5-12(13(16)17)14-11-4-3-9(8(2)15)6-10(7)11/h3-6,15H,1H2,2H3,(H,16,17)/b9-8+. The van der Waals surface area contributed by atoms with Crippen LogP contribution in [-0.4, -0.2) is 21.2 Å². The van der Waals surface area contributed by atoms with E-state index >= 15 is 0 Å². The molecule has 2 N–H and O–H groups in total. The van der Waals surface area contributed by atoms with E-state index < -0.39 is 5.97 Å². The minimum absolute atomic E-state index is 0.0278. The Bertz CT molecular complexity index is 715. The van der Waals surface area contributed by atoms with Crippen LogP contribution in [0.15, 0.2) is 24.3 Å². The average Bonchev–Trinajstić information content (AvgIpc) is 2.28. The van der Waals surface area contributed by atoms with Gasteiger partial charge < -0.3 is 10.2 Å². The lowest BCUT2D eigenvalue weighted by atomic mass is 10.1. The van der Waals surface area contributed by atoms with Crippen molar-refractivity contribution in [3.63, 3.8) is 0 Å². The maximum Gasteiger partial charge on any atom is 0.354 e. The summed E-state index contributed by atoms with van der Waals surface area (Å²) < 4.78 is 0. The third kappa shape index (κ3) is 1.97. The zero-order valence-corrected chi connectivity index (χ0v) is 9.27. The maximum absolute atomic E-state index is 10.8. The lowest BCUT2D eigenvalue weighted by Gasteiger charge is -2.01. The van der Waals surface area contributed by atoms with Gasteiger partial charge in [-0.2, -0.15) is 0 Å². The van der Waals surface area contributed by atoms with Gasteiger partial charge in [0.05, 0.1) is 11.3 Å². The lowest BCUT2D eigenvalue weighted by molar-refractivity contribution is 0.0691. The van der Waals surface area contributed by atoms with Crippen molar-refractivity contribution >= 4 is 29.2 Å². The van der Waals surface area contributed by atoms with E-state index in [2.05, 4.69) is 11.6 Å². The van der Waals surface area contributed by atoms with Crippen molar-refractivity contribution in [1.29, 1.82) is 0 Å². The van der Waals surface area contributed by atoms with Gasteiger partial charge in [0.2, 0.25) is 0 Å². The van der Waals surface area contributed by atoms with Gasteiger partial charge in [-0.15, -0.1) is 0 Å². The number of aliphatic hydroxyl groups excluding tert-OH is 1. The Kier molecular flexibility index (Phi) is 2.55. The molecule has 0 atom stereocenters. The van der Waals surface area contributed by atoms with Crippen LogP contribution in [0, 0.1) is 0 Å². The second-order valence-electron chi connectivity index (χ2n) is 3.79. The molecule has 0 radical (unpaired) electrons. The second-order valence-corrected chi connectivity index (χ2v) is 3.79. The van der Waals surface area contributed by atoms with Crippen LogP contribution in [0.4, 0.5) is 0 Å². The molecule has 0 spiro atoms. The smallest absolute Gasteiger partial charge is 0.354 e. The fourth-order valence-corrected chi connectivity index (χ4v) is 1.63. The molecule has 17 heavy (non-hydrogen) atoms. The van der Waals surface area contributed by atoms with Crippen molar-refractivity contribution in [3.05, 3.63) is 40.4 Å². The molecule has 0 bridgehead atoms. The number of carbonyl (C=O) groups is 1. The van der Waals surface area contributed by atoms with Crippen LogP contribution >= 0.6 is 0 Å². The molecule has 1 aromatic carbocycles. The van der Waals surface area contributed by atoms with Gasteiger partial charge in [0.15, 0.2) is 0 Å².